The molecule has 1 fully saturated rings. The Kier molecular flexibility index (Phi) is 10.5. The van der Waals surface area contributed by atoms with Crippen LogP contribution in [0, 0.1) is 0 Å². The van der Waals surface area contributed by atoms with Gasteiger partial charge in [0.15, 0.2) is 9.84 Å². The van der Waals surface area contributed by atoms with Gasteiger partial charge in [0.1, 0.15) is 6.67 Å². The predicted octanol–water partition coefficient (Wildman–Crippen LogP) is 5.31. The number of nitrogens with one attached hydrogen (secondary N) is 1. The first-order valence-electron chi connectivity index (χ1n) is 13.9. The van der Waals surface area contributed by atoms with Crippen molar-refractivity contribution < 1.29 is 40.6 Å². The van der Waals surface area contributed by atoms with Crippen LogP contribution < -0.4 is 10.2 Å². The number of carbonyl (C=O) groups excluding carboxylic acids is 1. The predicted molar refractivity (Wildman–Crippen MR) is 155 cm³/mol. The summed E-state index contributed by atoms with van der Waals surface area (Å²) in [6, 6.07) is 17.0. The second-order valence-corrected chi connectivity index (χ2v) is 12.6. The zero-order valence-corrected chi connectivity index (χ0v) is 24.4. The molecule has 3 atom stereocenters. The number of carbonyl (C=O) groups is 1. The lowest BCUT2D eigenvalue weighted by molar-refractivity contribution is -0.137. The molecular weight excluding hydrogens is 588 g/mol. The van der Waals surface area contributed by atoms with Gasteiger partial charge in [-0.2, -0.15) is 13.2 Å². The number of hydrogen-bond donors (Lipinski definition) is 2. The van der Waals surface area contributed by atoms with Gasteiger partial charge in [-0.25, -0.2) is 12.8 Å². The summed E-state index contributed by atoms with van der Waals surface area (Å²) in [4.78, 5) is 15.2. The van der Waals surface area contributed by atoms with Crippen LogP contribution in [0.15, 0.2) is 77.7 Å². The molecule has 12 heteroatoms. The largest absolute Gasteiger partial charge is 0.416 e. The van der Waals surface area contributed by atoms with Gasteiger partial charge in [0.25, 0.3) is 5.91 Å². The molecule has 1 saturated heterocycles. The van der Waals surface area contributed by atoms with E-state index in [4.69, 9.17) is 4.74 Å². The van der Waals surface area contributed by atoms with E-state index in [0.717, 1.165) is 23.4 Å². The number of amides is 1. The third-order valence-corrected chi connectivity index (χ3v) is 9.38. The average Bonchev–Trinajstić information content (AvgIpc) is 3.44. The monoisotopic (exact) mass is 622 g/mol. The highest BCUT2D eigenvalue weighted by Crippen LogP contribution is 2.37. The second kappa shape index (κ2) is 13.9. The molecule has 7 nitrogen and oxygen atoms in total. The molecular formula is C31H34F4N2O5S. The van der Waals surface area contributed by atoms with Crippen molar-refractivity contribution in [2.24, 2.45) is 0 Å². The van der Waals surface area contributed by atoms with Gasteiger partial charge >= 0.3 is 6.18 Å². The van der Waals surface area contributed by atoms with E-state index in [1.165, 1.54) is 24.3 Å². The van der Waals surface area contributed by atoms with Gasteiger partial charge in [0.2, 0.25) is 0 Å². The molecule has 4 rings (SSSR count). The topological polar surface area (TPSA) is 95.9 Å². The van der Waals surface area contributed by atoms with Gasteiger partial charge in [0.05, 0.1) is 48.1 Å². The molecule has 3 aromatic rings. The Morgan fingerprint density at radius 1 is 1.05 bits per heavy atom. The Labute approximate surface area is 248 Å². The molecule has 0 aliphatic carbocycles. The van der Waals surface area contributed by atoms with Gasteiger partial charge in [-0.3, -0.25) is 4.79 Å². The molecule has 1 aliphatic rings. The van der Waals surface area contributed by atoms with Crippen molar-refractivity contribution in [3.8, 4) is 0 Å². The molecule has 1 unspecified atom stereocenters. The molecule has 1 aliphatic heterocycles. The highest BCUT2D eigenvalue weighted by atomic mass is 32.2. The van der Waals surface area contributed by atoms with Crippen LogP contribution in [0.2, 0.25) is 0 Å². The van der Waals surface area contributed by atoms with Gasteiger partial charge in [0, 0.05) is 23.7 Å². The third-order valence-electron chi connectivity index (χ3n) is 7.63. The Bertz CT molecular complexity index is 1460. The quantitative estimate of drug-likeness (QED) is 0.210. The Balaban J connectivity index is 1.46. The van der Waals surface area contributed by atoms with Crippen LogP contribution >= 0.6 is 0 Å². The summed E-state index contributed by atoms with van der Waals surface area (Å²) in [5.74, 6) is -0.558. The van der Waals surface area contributed by atoms with E-state index in [2.05, 4.69) is 5.32 Å². The minimum absolute atomic E-state index is 0.0406. The molecule has 2 N–H and O–H groups in total. The van der Waals surface area contributed by atoms with E-state index >= 15 is 0 Å². The number of alkyl halides is 4. The van der Waals surface area contributed by atoms with E-state index in [1.807, 2.05) is 4.90 Å². The fourth-order valence-electron chi connectivity index (χ4n) is 5.21. The number of halogens is 4. The second-order valence-electron chi connectivity index (χ2n) is 10.4. The van der Waals surface area contributed by atoms with Crippen molar-refractivity contribution in [1.29, 1.82) is 0 Å². The maximum Gasteiger partial charge on any atom is 0.416 e. The number of aliphatic hydroxyl groups excluding tert-OH is 1. The summed E-state index contributed by atoms with van der Waals surface area (Å²) in [7, 11) is -3.38. The number of rotatable bonds is 12. The molecule has 0 aromatic heterocycles. The minimum Gasteiger partial charge on any atom is -0.394 e. The SMILES string of the molecule is CCS(=O)(=O)c1ccc([C@H](CO)NC(=O)c2ccc(N3CC(c4ccc(C(F)(F)F)cc4)C[C@H]3COCCF)cc2)cc1. The average molecular weight is 623 g/mol. The number of ether oxygens (including phenoxy) is 1. The van der Waals surface area contributed by atoms with E-state index in [1.54, 1.807) is 43.3 Å². The van der Waals surface area contributed by atoms with Crippen LogP contribution in [0.3, 0.4) is 0 Å². The standard InChI is InChI=1S/C31H34F4N2O5S/c1-2-43(40,41)28-13-7-22(8-14-28)29(19-38)36-30(39)23-5-11-26(12-6-23)37-18-24(17-27(37)20-42-16-15-32)21-3-9-25(10-4-21)31(33,34)35/h3-14,24,27,29,38H,2,15-20H2,1H3,(H,36,39)/t24?,27-,29-/m0/s1. The smallest absolute Gasteiger partial charge is 0.394 e. The molecule has 0 radical (unpaired) electrons. The summed E-state index contributed by atoms with van der Waals surface area (Å²) < 4.78 is 81.4. The van der Waals surface area contributed by atoms with Gasteiger partial charge < -0.3 is 20.1 Å². The number of anilines is 1. The van der Waals surface area contributed by atoms with Crippen LogP contribution in [-0.4, -0.2) is 64.3 Å². The molecule has 232 valence electrons. The van der Waals surface area contributed by atoms with Gasteiger partial charge in [-0.1, -0.05) is 31.2 Å². The molecule has 3 aromatic carbocycles. The zero-order valence-electron chi connectivity index (χ0n) is 23.6. The zero-order chi connectivity index (χ0) is 31.2. The van der Waals surface area contributed by atoms with E-state index < -0.39 is 46.8 Å². The van der Waals surface area contributed by atoms with Gasteiger partial charge in [-0.15, -0.1) is 0 Å². The Morgan fingerprint density at radius 2 is 1.70 bits per heavy atom. The van der Waals surface area contributed by atoms with E-state index in [0.29, 0.717) is 24.1 Å². The summed E-state index contributed by atoms with van der Waals surface area (Å²) in [5, 5.41) is 12.7. The fraction of sp³-hybridized carbons (Fsp3) is 0.387. The van der Waals surface area contributed by atoms with Crippen molar-refractivity contribution in [3.63, 3.8) is 0 Å². The first-order chi connectivity index (χ1) is 20.5. The van der Waals surface area contributed by atoms with Crippen molar-refractivity contribution in [3.05, 3.63) is 95.1 Å². The lowest BCUT2D eigenvalue weighted by atomic mass is 9.95. The van der Waals surface area contributed by atoms with Gasteiger partial charge in [-0.05, 0) is 66.1 Å². The highest BCUT2D eigenvalue weighted by Gasteiger charge is 2.35. The Morgan fingerprint density at radius 3 is 2.26 bits per heavy atom. The van der Waals surface area contributed by atoms with Crippen molar-refractivity contribution in [2.45, 2.75) is 42.4 Å². The number of benzene rings is 3. The molecule has 0 bridgehead atoms. The highest BCUT2D eigenvalue weighted by molar-refractivity contribution is 7.91. The van der Waals surface area contributed by atoms with Crippen LogP contribution in [0.1, 0.15) is 52.4 Å². The Hall–Kier alpha value is -3.48. The van der Waals surface area contributed by atoms with E-state index in [9.17, 15) is 35.9 Å². The van der Waals surface area contributed by atoms with Crippen LogP contribution in [0.4, 0.5) is 23.2 Å². The summed E-state index contributed by atoms with van der Waals surface area (Å²) in [5.41, 5.74) is 1.69. The summed E-state index contributed by atoms with van der Waals surface area (Å²) in [6.45, 7) is 1.20. The molecule has 1 amide bonds. The minimum atomic E-state index is -4.42. The van der Waals surface area contributed by atoms with Crippen LogP contribution in [0.25, 0.3) is 0 Å². The van der Waals surface area contributed by atoms with Crippen molar-refractivity contribution in [1.82, 2.24) is 5.32 Å². The maximum atomic E-state index is 13.0. The first-order valence-corrected chi connectivity index (χ1v) is 15.5. The number of sulfone groups is 1. The van der Waals surface area contributed by atoms with Crippen molar-refractivity contribution in [2.75, 3.05) is 43.7 Å². The van der Waals surface area contributed by atoms with Crippen LogP contribution in [-0.2, 0) is 20.8 Å². The molecule has 1 heterocycles. The first kappa shape index (κ1) is 32.4. The number of hydrogen-bond acceptors (Lipinski definition) is 6. The fourth-order valence-corrected chi connectivity index (χ4v) is 6.09. The lowest BCUT2D eigenvalue weighted by Crippen LogP contribution is -2.33. The third kappa shape index (κ3) is 7.92. The number of nitrogens with zero attached hydrogens (tertiary/aromatic N) is 1. The lowest BCUT2D eigenvalue weighted by Gasteiger charge is -2.27. The van der Waals surface area contributed by atoms with Crippen LogP contribution in [0.5, 0.6) is 0 Å². The number of aliphatic hydroxyl groups is 1. The normalized spacial score (nSPS) is 18.0. The molecule has 0 spiro atoms. The molecule has 43 heavy (non-hydrogen) atoms. The molecule has 0 saturated carbocycles. The summed E-state index contributed by atoms with van der Waals surface area (Å²) in [6.07, 6.45) is -3.83. The van der Waals surface area contributed by atoms with E-state index in [-0.39, 0.29) is 35.8 Å². The maximum absolute atomic E-state index is 13.0. The summed E-state index contributed by atoms with van der Waals surface area (Å²) >= 11 is 0. The van der Waals surface area contributed by atoms with Crippen molar-refractivity contribution >= 4 is 21.4 Å².